The molecule has 0 amide bonds. The summed E-state index contributed by atoms with van der Waals surface area (Å²) in [5, 5.41) is 0. The quantitative estimate of drug-likeness (QED) is 0.484. The van der Waals surface area contributed by atoms with E-state index in [4.69, 9.17) is 9.97 Å². The first-order valence-corrected chi connectivity index (χ1v) is 10.1. The molecule has 1 unspecified atom stereocenters. The molecule has 7 heteroatoms. The Labute approximate surface area is 176 Å². The summed E-state index contributed by atoms with van der Waals surface area (Å²) in [7, 11) is 1.92. The maximum Gasteiger partial charge on any atom is 0.573 e. The van der Waals surface area contributed by atoms with Gasteiger partial charge in [0.1, 0.15) is 17.4 Å². The first kappa shape index (κ1) is 23.5. The van der Waals surface area contributed by atoms with Crippen molar-refractivity contribution >= 4 is 5.82 Å². The third-order valence-electron chi connectivity index (χ3n) is 4.85. The van der Waals surface area contributed by atoms with E-state index < -0.39 is 6.36 Å². The van der Waals surface area contributed by atoms with E-state index >= 15 is 0 Å². The molecule has 0 spiro atoms. The van der Waals surface area contributed by atoms with E-state index in [9.17, 15) is 13.2 Å². The third kappa shape index (κ3) is 6.12. The van der Waals surface area contributed by atoms with Crippen molar-refractivity contribution in [3.05, 3.63) is 35.7 Å². The molecule has 1 aromatic heterocycles. The van der Waals surface area contributed by atoms with Crippen LogP contribution in [0.25, 0.3) is 11.3 Å². The van der Waals surface area contributed by atoms with E-state index in [0.29, 0.717) is 17.8 Å². The van der Waals surface area contributed by atoms with Gasteiger partial charge in [0.15, 0.2) is 0 Å². The molecule has 1 atom stereocenters. The van der Waals surface area contributed by atoms with Gasteiger partial charge in [-0.2, -0.15) is 0 Å². The fourth-order valence-electron chi connectivity index (χ4n) is 3.31. The molecule has 0 aliphatic rings. The van der Waals surface area contributed by atoms with Crippen molar-refractivity contribution < 1.29 is 17.9 Å². The Bertz CT molecular complexity index is 899. The van der Waals surface area contributed by atoms with Crippen molar-refractivity contribution in [1.82, 2.24) is 9.97 Å². The number of rotatable bonds is 8. The number of halogens is 3. The molecule has 1 aromatic carbocycles. The van der Waals surface area contributed by atoms with Crippen LogP contribution in [0.2, 0.25) is 0 Å². The second-order valence-corrected chi connectivity index (χ2v) is 7.13. The van der Waals surface area contributed by atoms with Gasteiger partial charge in [-0.1, -0.05) is 26.2 Å². The van der Waals surface area contributed by atoms with E-state index in [0.717, 1.165) is 36.5 Å². The van der Waals surface area contributed by atoms with Gasteiger partial charge in [0, 0.05) is 24.1 Å². The number of hydrogen-bond donors (Lipinski definition) is 0. The molecular weight excluding hydrogens is 391 g/mol. The molecule has 0 fully saturated rings. The lowest BCUT2D eigenvalue weighted by Gasteiger charge is -2.23. The van der Waals surface area contributed by atoms with E-state index in [1.165, 1.54) is 12.1 Å². The molecule has 0 radical (unpaired) electrons. The van der Waals surface area contributed by atoms with Crippen LogP contribution in [0.15, 0.2) is 24.3 Å². The van der Waals surface area contributed by atoms with Gasteiger partial charge in [0.2, 0.25) is 0 Å². The van der Waals surface area contributed by atoms with Crippen LogP contribution in [0.3, 0.4) is 0 Å². The van der Waals surface area contributed by atoms with Crippen molar-refractivity contribution in [1.29, 1.82) is 0 Å². The summed E-state index contributed by atoms with van der Waals surface area (Å²) in [6, 6.07) is 5.80. The summed E-state index contributed by atoms with van der Waals surface area (Å²) < 4.78 is 41.4. The number of ether oxygens (including phenoxy) is 1. The van der Waals surface area contributed by atoms with E-state index in [1.54, 1.807) is 19.1 Å². The summed E-state index contributed by atoms with van der Waals surface area (Å²) in [5.41, 5.74) is 2.28. The van der Waals surface area contributed by atoms with Gasteiger partial charge < -0.3 is 9.64 Å². The van der Waals surface area contributed by atoms with Crippen LogP contribution >= 0.6 is 0 Å². The molecule has 2 rings (SSSR count). The molecule has 0 aliphatic heterocycles. The van der Waals surface area contributed by atoms with Crippen LogP contribution in [0, 0.1) is 18.8 Å². The second-order valence-electron chi connectivity index (χ2n) is 7.13. The Morgan fingerprint density at radius 1 is 1.13 bits per heavy atom. The molecule has 2 aromatic rings. The predicted molar refractivity (Wildman–Crippen MR) is 114 cm³/mol. The topological polar surface area (TPSA) is 38.2 Å². The summed E-state index contributed by atoms with van der Waals surface area (Å²) in [4.78, 5) is 11.6. The Balaban J connectivity index is 2.54. The zero-order chi connectivity index (χ0) is 22.3. The molecule has 0 saturated heterocycles. The highest BCUT2D eigenvalue weighted by Gasteiger charge is 2.31. The Hall–Kier alpha value is -2.75. The molecule has 1 heterocycles. The fraction of sp³-hybridized carbons (Fsp3) is 0.478. The number of anilines is 1. The average Bonchev–Trinajstić information content (AvgIpc) is 2.70. The number of aromatic nitrogens is 2. The summed E-state index contributed by atoms with van der Waals surface area (Å²) >= 11 is 0. The maximum absolute atomic E-state index is 12.5. The van der Waals surface area contributed by atoms with E-state index in [-0.39, 0.29) is 11.7 Å². The first-order chi connectivity index (χ1) is 14.2. The van der Waals surface area contributed by atoms with Crippen molar-refractivity contribution in [3.63, 3.8) is 0 Å². The number of hydrogen-bond acceptors (Lipinski definition) is 4. The summed E-state index contributed by atoms with van der Waals surface area (Å²) in [5.74, 6) is 7.42. The van der Waals surface area contributed by atoms with Crippen molar-refractivity contribution in [2.24, 2.45) is 0 Å². The number of alkyl halides is 3. The normalized spacial score (nSPS) is 12.1. The Morgan fingerprint density at radius 3 is 2.33 bits per heavy atom. The lowest BCUT2D eigenvalue weighted by atomic mass is 9.98. The molecule has 0 bridgehead atoms. The Kier molecular flexibility index (Phi) is 8.10. The minimum absolute atomic E-state index is 0.214. The van der Waals surface area contributed by atoms with Gasteiger partial charge in [-0.05, 0) is 51.0 Å². The third-order valence-corrected chi connectivity index (χ3v) is 4.85. The molecular formula is C23H28F3N3O. The van der Waals surface area contributed by atoms with Crippen LogP contribution in [0.1, 0.15) is 57.3 Å². The van der Waals surface area contributed by atoms with Gasteiger partial charge in [-0.3, -0.25) is 0 Å². The lowest BCUT2D eigenvalue weighted by Crippen LogP contribution is -2.22. The minimum Gasteiger partial charge on any atom is -0.406 e. The van der Waals surface area contributed by atoms with Crippen LogP contribution in [-0.2, 0) is 0 Å². The highest BCUT2D eigenvalue weighted by atomic mass is 19.4. The summed E-state index contributed by atoms with van der Waals surface area (Å²) in [6.45, 7) is 8.47. The van der Waals surface area contributed by atoms with Crippen LogP contribution < -0.4 is 9.64 Å². The summed E-state index contributed by atoms with van der Waals surface area (Å²) in [6.07, 6.45) is -1.83. The maximum atomic E-state index is 12.5. The van der Waals surface area contributed by atoms with Gasteiger partial charge in [-0.25, -0.2) is 9.97 Å². The monoisotopic (exact) mass is 419 g/mol. The van der Waals surface area contributed by atoms with Gasteiger partial charge in [0.25, 0.3) is 0 Å². The standard InChI is InChI=1S/C23H28F3N3O/c1-6-9-15-29(5)22-16(4)20(27-21(28-22)17(8-3)10-7-2)18-11-13-19(14-12-18)30-23(24,25)26/h11-14,17H,7-8,10,15H2,1-5H3. The lowest BCUT2D eigenvalue weighted by molar-refractivity contribution is -0.274. The average molecular weight is 419 g/mol. The molecule has 30 heavy (non-hydrogen) atoms. The molecule has 0 aliphatic carbocycles. The Morgan fingerprint density at radius 2 is 1.80 bits per heavy atom. The number of benzene rings is 1. The molecule has 4 nitrogen and oxygen atoms in total. The first-order valence-electron chi connectivity index (χ1n) is 10.1. The van der Waals surface area contributed by atoms with E-state index in [1.807, 2.05) is 18.9 Å². The molecule has 0 saturated carbocycles. The zero-order valence-electron chi connectivity index (χ0n) is 18.1. The van der Waals surface area contributed by atoms with Gasteiger partial charge >= 0.3 is 6.36 Å². The van der Waals surface area contributed by atoms with Gasteiger partial charge in [0.05, 0.1) is 12.2 Å². The second kappa shape index (κ2) is 10.3. The number of nitrogens with zero attached hydrogens (tertiary/aromatic N) is 3. The van der Waals surface area contributed by atoms with Crippen molar-refractivity contribution in [2.45, 2.75) is 59.2 Å². The highest BCUT2D eigenvalue weighted by molar-refractivity contribution is 5.69. The van der Waals surface area contributed by atoms with Gasteiger partial charge in [-0.15, -0.1) is 19.1 Å². The van der Waals surface area contributed by atoms with Crippen LogP contribution in [0.4, 0.5) is 19.0 Å². The molecule has 162 valence electrons. The van der Waals surface area contributed by atoms with Crippen LogP contribution in [0.5, 0.6) is 5.75 Å². The van der Waals surface area contributed by atoms with Crippen molar-refractivity contribution in [3.8, 4) is 28.8 Å². The predicted octanol–water partition coefficient (Wildman–Crippen LogP) is 6.10. The highest BCUT2D eigenvalue weighted by Crippen LogP contribution is 2.33. The van der Waals surface area contributed by atoms with Crippen molar-refractivity contribution in [2.75, 3.05) is 18.5 Å². The largest absolute Gasteiger partial charge is 0.573 e. The molecule has 0 N–H and O–H groups in total. The van der Waals surface area contributed by atoms with Crippen LogP contribution in [-0.4, -0.2) is 29.9 Å². The smallest absolute Gasteiger partial charge is 0.406 e. The minimum atomic E-state index is -4.72. The fourth-order valence-corrected chi connectivity index (χ4v) is 3.31. The van der Waals surface area contributed by atoms with E-state index in [2.05, 4.69) is 30.4 Å². The zero-order valence-corrected chi connectivity index (χ0v) is 18.1. The SMILES string of the molecule is CC#CCN(C)c1nc(C(CC)CCC)nc(-c2ccc(OC(F)(F)F)cc2)c1C.